The minimum atomic E-state index is -0.110. The fraction of sp³-hybridized carbons (Fsp3) is 0.0566. The number of rotatable bonds is 4. The Morgan fingerprint density at radius 1 is 0.357 bits per heavy atom. The average Bonchev–Trinajstić information content (AvgIpc) is 3.84. The van der Waals surface area contributed by atoms with Crippen molar-refractivity contribution in [2.45, 2.75) is 19.3 Å². The van der Waals surface area contributed by atoms with Crippen LogP contribution in [0.3, 0.4) is 0 Å². The standard InChI is InChI=1S/C53H35NO2/c1-53(2)47-15-9-8-14-41(47)42-23-22-40(29-48(42)53)54(38-19-16-33(17-20-38)32-10-4-3-5-11-32)39-21-18-36-28-50-44(26-37(36)24-39)46-30-45-43-25-34-12-6-7-13-35(34)27-49(43)55-51(45)31-52(46)56-50/h3-31H,1-2H3. The molecule has 3 nitrogen and oxygen atoms in total. The maximum atomic E-state index is 6.52. The third kappa shape index (κ3) is 4.58. The van der Waals surface area contributed by atoms with Gasteiger partial charge in [0.15, 0.2) is 0 Å². The van der Waals surface area contributed by atoms with Gasteiger partial charge in [-0.05, 0) is 122 Å². The van der Waals surface area contributed by atoms with Gasteiger partial charge >= 0.3 is 0 Å². The number of furan rings is 2. The first kappa shape index (κ1) is 31.3. The van der Waals surface area contributed by atoms with E-state index < -0.39 is 0 Å². The topological polar surface area (TPSA) is 29.5 Å². The van der Waals surface area contributed by atoms with Gasteiger partial charge in [0, 0.05) is 50.1 Å². The SMILES string of the molecule is CC1(C)c2ccccc2-c2ccc(N(c3ccc(-c4ccccc4)cc3)c3ccc4cc5oc6cc7oc8cc9ccccc9cc8c7cc6c5cc4c3)cc21. The van der Waals surface area contributed by atoms with Crippen LogP contribution in [0.1, 0.15) is 25.0 Å². The van der Waals surface area contributed by atoms with Gasteiger partial charge in [-0.3, -0.25) is 0 Å². The summed E-state index contributed by atoms with van der Waals surface area (Å²) in [5, 5.41) is 9.06. The van der Waals surface area contributed by atoms with Crippen molar-refractivity contribution in [1.29, 1.82) is 0 Å². The van der Waals surface area contributed by atoms with E-state index in [2.05, 4.69) is 195 Å². The molecule has 0 saturated carbocycles. The van der Waals surface area contributed by atoms with Crippen molar-refractivity contribution in [2.24, 2.45) is 0 Å². The molecule has 0 atom stereocenters. The number of hydrogen-bond acceptors (Lipinski definition) is 3. The molecule has 264 valence electrons. The number of fused-ring (bicyclic) bond motifs is 11. The lowest BCUT2D eigenvalue weighted by atomic mass is 9.82. The van der Waals surface area contributed by atoms with Crippen LogP contribution in [-0.2, 0) is 5.41 Å². The summed E-state index contributed by atoms with van der Waals surface area (Å²) in [5.74, 6) is 0. The van der Waals surface area contributed by atoms with Crippen LogP contribution in [0.5, 0.6) is 0 Å². The van der Waals surface area contributed by atoms with Crippen LogP contribution >= 0.6 is 0 Å². The van der Waals surface area contributed by atoms with E-state index in [1.807, 2.05) is 0 Å². The maximum absolute atomic E-state index is 6.52. The van der Waals surface area contributed by atoms with E-state index in [0.29, 0.717) is 0 Å². The third-order valence-electron chi connectivity index (χ3n) is 12.2. The summed E-state index contributed by atoms with van der Waals surface area (Å²) < 4.78 is 12.9. The van der Waals surface area contributed by atoms with E-state index in [0.717, 1.165) is 71.7 Å². The zero-order valence-electron chi connectivity index (χ0n) is 31.0. The van der Waals surface area contributed by atoms with E-state index in [4.69, 9.17) is 8.83 Å². The zero-order valence-corrected chi connectivity index (χ0v) is 31.0. The van der Waals surface area contributed by atoms with Crippen LogP contribution in [0, 0.1) is 0 Å². The Labute approximate surface area is 323 Å². The molecule has 3 heteroatoms. The fourth-order valence-electron chi connectivity index (χ4n) is 9.31. The molecule has 11 aromatic rings. The largest absolute Gasteiger partial charge is 0.456 e. The molecular formula is C53H35NO2. The Balaban J connectivity index is 1.03. The molecule has 56 heavy (non-hydrogen) atoms. The molecule has 1 aliphatic rings. The summed E-state index contributed by atoms with van der Waals surface area (Å²) >= 11 is 0. The summed E-state index contributed by atoms with van der Waals surface area (Å²) in [5.41, 5.74) is 14.4. The fourth-order valence-corrected chi connectivity index (χ4v) is 9.31. The predicted molar refractivity (Wildman–Crippen MR) is 234 cm³/mol. The normalized spacial score (nSPS) is 13.3. The Bertz CT molecular complexity index is 3380. The van der Waals surface area contributed by atoms with Crippen LogP contribution in [0.25, 0.3) is 87.7 Å². The van der Waals surface area contributed by atoms with Crippen molar-refractivity contribution in [3.8, 4) is 22.3 Å². The van der Waals surface area contributed by atoms with Gasteiger partial charge in [-0.25, -0.2) is 0 Å². The quantitative estimate of drug-likeness (QED) is 0.182. The lowest BCUT2D eigenvalue weighted by Gasteiger charge is -2.28. The van der Waals surface area contributed by atoms with Crippen molar-refractivity contribution in [3.05, 3.63) is 187 Å². The molecule has 9 aromatic carbocycles. The van der Waals surface area contributed by atoms with Gasteiger partial charge in [-0.15, -0.1) is 0 Å². The molecule has 0 fully saturated rings. The number of benzene rings is 9. The Morgan fingerprint density at radius 2 is 0.875 bits per heavy atom. The molecule has 2 heterocycles. The average molecular weight is 718 g/mol. The zero-order chi connectivity index (χ0) is 37.1. The lowest BCUT2D eigenvalue weighted by molar-refractivity contribution is 0.656. The molecule has 0 N–H and O–H groups in total. The highest BCUT2D eigenvalue weighted by atomic mass is 16.3. The van der Waals surface area contributed by atoms with Gasteiger partial charge in [0.1, 0.15) is 22.3 Å². The van der Waals surface area contributed by atoms with Gasteiger partial charge in [-0.1, -0.05) is 117 Å². The van der Waals surface area contributed by atoms with Crippen molar-refractivity contribution >= 4 is 82.5 Å². The van der Waals surface area contributed by atoms with Crippen LogP contribution in [0.2, 0.25) is 0 Å². The summed E-state index contributed by atoms with van der Waals surface area (Å²) in [6, 6.07) is 63.8. The number of nitrogens with zero attached hydrogens (tertiary/aromatic N) is 1. The van der Waals surface area contributed by atoms with Crippen molar-refractivity contribution < 1.29 is 8.83 Å². The van der Waals surface area contributed by atoms with E-state index in [9.17, 15) is 0 Å². The van der Waals surface area contributed by atoms with Gasteiger partial charge < -0.3 is 13.7 Å². The number of hydrogen-bond donors (Lipinski definition) is 0. The van der Waals surface area contributed by atoms with E-state index >= 15 is 0 Å². The van der Waals surface area contributed by atoms with Crippen molar-refractivity contribution in [3.63, 3.8) is 0 Å². The second-order valence-corrected chi connectivity index (χ2v) is 15.8. The van der Waals surface area contributed by atoms with Gasteiger partial charge in [0.25, 0.3) is 0 Å². The molecule has 2 aromatic heterocycles. The van der Waals surface area contributed by atoms with Gasteiger partial charge in [-0.2, -0.15) is 0 Å². The highest BCUT2D eigenvalue weighted by molar-refractivity contribution is 6.18. The highest BCUT2D eigenvalue weighted by Gasteiger charge is 2.35. The second-order valence-electron chi connectivity index (χ2n) is 15.8. The first-order valence-corrected chi connectivity index (χ1v) is 19.3. The minimum Gasteiger partial charge on any atom is -0.456 e. The second kappa shape index (κ2) is 11.5. The summed E-state index contributed by atoms with van der Waals surface area (Å²) in [7, 11) is 0. The number of anilines is 3. The van der Waals surface area contributed by atoms with E-state index in [1.54, 1.807) is 0 Å². The van der Waals surface area contributed by atoms with E-state index in [-0.39, 0.29) is 5.41 Å². The molecule has 0 radical (unpaired) electrons. The molecule has 0 saturated heterocycles. The van der Waals surface area contributed by atoms with Crippen LogP contribution in [0.15, 0.2) is 185 Å². The first-order valence-electron chi connectivity index (χ1n) is 19.3. The molecule has 1 aliphatic carbocycles. The van der Waals surface area contributed by atoms with Gasteiger partial charge in [0.05, 0.1) is 0 Å². The smallest absolute Gasteiger partial charge is 0.139 e. The van der Waals surface area contributed by atoms with Crippen LogP contribution < -0.4 is 4.90 Å². The molecule has 0 spiro atoms. The molecule has 0 unspecified atom stereocenters. The molecular weight excluding hydrogens is 683 g/mol. The highest BCUT2D eigenvalue weighted by Crippen LogP contribution is 2.51. The van der Waals surface area contributed by atoms with Crippen molar-refractivity contribution in [2.75, 3.05) is 4.90 Å². The summed E-state index contributed by atoms with van der Waals surface area (Å²) in [6.45, 7) is 4.69. The minimum absolute atomic E-state index is 0.110. The lowest BCUT2D eigenvalue weighted by Crippen LogP contribution is -2.16. The van der Waals surface area contributed by atoms with Crippen molar-refractivity contribution in [1.82, 2.24) is 0 Å². The predicted octanol–water partition coefficient (Wildman–Crippen LogP) is 15.2. The molecule has 12 rings (SSSR count). The van der Waals surface area contributed by atoms with E-state index in [1.165, 1.54) is 44.2 Å². The molecule has 0 bridgehead atoms. The first-order chi connectivity index (χ1) is 27.5. The molecule has 0 amide bonds. The summed E-state index contributed by atoms with van der Waals surface area (Å²) in [6.07, 6.45) is 0. The Hall–Kier alpha value is -7.10. The van der Waals surface area contributed by atoms with Gasteiger partial charge in [0.2, 0.25) is 0 Å². The maximum Gasteiger partial charge on any atom is 0.139 e. The van der Waals surface area contributed by atoms with Crippen LogP contribution in [-0.4, -0.2) is 0 Å². The monoisotopic (exact) mass is 717 g/mol. The Morgan fingerprint density at radius 3 is 1.62 bits per heavy atom. The Kier molecular flexibility index (Phi) is 6.40. The van der Waals surface area contributed by atoms with Crippen LogP contribution in [0.4, 0.5) is 17.1 Å². The molecule has 0 aliphatic heterocycles. The third-order valence-corrected chi connectivity index (χ3v) is 12.2. The summed E-state index contributed by atoms with van der Waals surface area (Å²) in [4.78, 5) is 2.40.